The fourth-order valence-corrected chi connectivity index (χ4v) is 1.94. The SMILES string of the molecule is CCc1noc(CSc2ccc(N)cc2)n1. The van der Waals surface area contributed by atoms with E-state index in [4.69, 9.17) is 10.3 Å². The number of nitrogens with zero attached hydrogens (tertiary/aromatic N) is 2. The molecule has 2 aromatic rings. The number of thioether (sulfide) groups is 1. The van der Waals surface area contributed by atoms with Gasteiger partial charge in [-0.1, -0.05) is 12.1 Å². The molecule has 0 saturated carbocycles. The number of anilines is 1. The first kappa shape index (κ1) is 11.0. The zero-order valence-electron chi connectivity index (χ0n) is 9.01. The van der Waals surface area contributed by atoms with Crippen LogP contribution in [0.3, 0.4) is 0 Å². The van der Waals surface area contributed by atoms with Crippen LogP contribution in [0.1, 0.15) is 18.6 Å². The molecule has 0 aliphatic heterocycles. The molecule has 0 spiro atoms. The molecule has 0 unspecified atom stereocenters. The summed E-state index contributed by atoms with van der Waals surface area (Å²) >= 11 is 1.65. The van der Waals surface area contributed by atoms with Crippen LogP contribution in [0.2, 0.25) is 0 Å². The molecule has 0 radical (unpaired) electrons. The Hall–Kier alpha value is -1.49. The van der Waals surface area contributed by atoms with Gasteiger partial charge in [0.1, 0.15) is 0 Å². The summed E-state index contributed by atoms with van der Waals surface area (Å²) in [6.45, 7) is 2.00. The summed E-state index contributed by atoms with van der Waals surface area (Å²) < 4.78 is 5.09. The van der Waals surface area contributed by atoms with Crippen molar-refractivity contribution in [3.63, 3.8) is 0 Å². The van der Waals surface area contributed by atoms with E-state index in [1.165, 1.54) is 0 Å². The summed E-state index contributed by atoms with van der Waals surface area (Å²) in [5.74, 6) is 2.11. The molecule has 5 heteroatoms. The molecule has 0 bridgehead atoms. The van der Waals surface area contributed by atoms with E-state index in [2.05, 4.69) is 10.1 Å². The number of rotatable bonds is 4. The summed E-state index contributed by atoms with van der Waals surface area (Å²) in [4.78, 5) is 5.38. The largest absolute Gasteiger partial charge is 0.399 e. The molecule has 2 rings (SSSR count). The summed E-state index contributed by atoms with van der Waals surface area (Å²) in [5.41, 5.74) is 6.38. The van der Waals surface area contributed by atoms with Crippen molar-refractivity contribution >= 4 is 17.4 Å². The minimum atomic E-state index is 0.665. The molecule has 1 heterocycles. The lowest BCUT2D eigenvalue weighted by molar-refractivity contribution is 0.385. The highest BCUT2D eigenvalue weighted by Gasteiger charge is 2.04. The van der Waals surface area contributed by atoms with E-state index < -0.39 is 0 Å². The topological polar surface area (TPSA) is 64.9 Å². The normalized spacial score (nSPS) is 10.6. The number of hydrogen-bond acceptors (Lipinski definition) is 5. The molecule has 16 heavy (non-hydrogen) atoms. The van der Waals surface area contributed by atoms with Gasteiger partial charge in [0.25, 0.3) is 0 Å². The van der Waals surface area contributed by atoms with Crippen LogP contribution < -0.4 is 5.73 Å². The summed E-state index contributed by atoms with van der Waals surface area (Å²) in [5, 5.41) is 3.84. The van der Waals surface area contributed by atoms with Crippen LogP contribution in [0.5, 0.6) is 0 Å². The lowest BCUT2D eigenvalue weighted by Gasteiger charge is -1.98. The Morgan fingerprint density at radius 1 is 1.31 bits per heavy atom. The van der Waals surface area contributed by atoms with Crippen LogP contribution in [-0.4, -0.2) is 10.1 Å². The molecule has 0 aliphatic rings. The molecular weight excluding hydrogens is 222 g/mol. The first-order valence-corrected chi connectivity index (χ1v) is 6.06. The van der Waals surface area contributed by atoms with Crippen LogP contribution >= 0.6 is 11.8 Å². The number of benzene rings is 1. The molecule has 84 valence electrons. The molecule has 0 fully saturated rings. The maximum atomic E-state index is 5.61. The van der Waals surface area contributed by atoms with Crippen molar-refractivity contribution in [2.24, 2.45) is 0 Å². The van der Waals surface area contributed by atoms with Crippen molar-refractivity contribution in [1.82, 2.24) is 10.1 Å². The average molecular weight is 235 g/mol. The molecule has 0 atom stereocenters. The van der Waals surface area contributed by atoms with Gasteiger partial charge in [0.05, 0.1) is 5.75 Å². The van der Waals surface area contributed by atoms with Crippen LogP contribution in [0.4, 0.5) is 5.69 Å². The smallest absolute Gasteiger partial charge is 0.237 e. The molecule has 1 aromatic heterocycles. The highest BCUT2D eigenvalue weighted by atomic mass is 32.2. The Morgan fingerprint density at radius 2 is 2.06 bits per heavy atom. The lowest BCUT2D eigenvalue weighted by atomic mass is 10.3. The van der Waals surface area contributed by atoms with Crippen molar-refractivity contribution in [3.8, 4) is 0 Å². The number of nitrogen functional groups attached to an aromatic ring is 1. The Morgan fingerprint density at radius 3 is 2.69 bits per heavy atom. The van der Waals surface area contributed by atoms with E-state index in [-0.39, 0.29) is 0 Å². The summed E-state index contributed by atoms with van der Waals surface area (Å²) in [6.07, 6.45) is 0.802. The van der Waals surface area contributed by atoms with Crippen molar-refractivity contribution in [2.45, 2.75) is 24.0 Å². The molecule has 4 nitrogen and oxygen atoms in total. The van der Waals surface area contributed by atoms with Crippen molar-refractivity contribution in [1.29, 1.82) is 0 Å². The van der Waals surface area contributed by atoms with Gasteiger partial charge in [-0.15, -0.1) is 11.8 Å². The van der Waals surface area contributed by atoms with Gasteiger partial charge in [0.2, 0.25) is 5.89 Å². The average Bonchev–Trinajstić information content (AvgIpc) is 2.76. The summed E-state index contributed by atoms with van der Waals surface area (Å²) in [6, 6.07) is 7.73. The lowest BCUT2D eigenvalue weighted by Crippen LogP contribution is -1.85. The Labute approximate surface area is 98.2 Å². The maximum absolute atomic E-state index is 5.61. The highest BCUT2D eigenvalue weighted by Crippen LogP contribution is 2.22. The fraction of sp³-hybridized carbons (Fsp3) is 0.273. The predicted octanol–water partition coefficient (Wildman–Crippen LogP) is 2.51. The molecular formula is C11H13N3OS. The first-order chi connectivity index (χ1) is 7.78. The number of aryl methyl sites for hydroxylation is 1. The third-order valence-electron chi connectivity index (χ3n) is 2.07. The third kappa shape index (κ3) is 2.76. The fourth-order valence-electron chi connectivity index (χ4n) is 1.20. The highest BCUT2D eigenvalue weighted by molar-refractivity contribution is 7.98. The van der Waals surface area contributed by atoms with Gasteiger partial charge in [-0.25, -0.2) is 0 Å². The Kier molecular flexibility index (Phi) is 3.46. The zero-order chi connectivity index (χ0) is 11.4. The van der Waals surface area contributed by atoms with E-state index in [0.29, 0.717) is 11.6 Å². The van der Waals surface area contributed by atoms with Gasteiger partial charge in [-0.2, -0.15) is 4.98 Å². The van der Waals surface area contributed by atoms with E-state index in [1.807, 2.05) is 31.2 Å². The van der Waals surface area contributed by atoms with Crippen molar-refractivity contribution in [3.05, 3.63) is 36.0 Å². The van der Waals surface area contributed by atoms with E-state index in [1.54, 1.807) is 11.8 Å². The van der Waals surface area contributed by atoms with Gasteiger partial charge in [0.15, 0.2) is 5.82 Å². The van der Waals surface area contributed by atoms with Gasteiger partial charge in [0, 0.05) is 17.0 Å². The first-order valence-electron chi connectivity index (χ1n) is 5.07. The van der Waals surface area contributed by atoms with Gasteiger partial charge in [-0.3, -0.25) is 0 Å². The second-order valence-electron chi connectivity index (χ2n) is 3.32. The number of aromatic nitrogens is 2. The van der Waals surface area contributed by atoms with Crippen molar-refractivity contribution < 1.29 is 4.52 Å². The quantitative estimate of drug-likeness (QED) is 0.651. The summed E-state index contributed by atoms with van der Waals surface area (Å²) in [7, 11) is 0. The standard InChI is InChI=1S/C11H13N3OS/c1-2-10-13-11(15-14-10)7-16-9-5-3-8(12)4-6-9/h3-6H,2,7,12H2,1H3. The van der Waals surface area contributed by atoms with Gasteiger partial charge < -0.3 is 10.3 Å². The molecule has 0 amide bonds. The van der Waals surface area contributed by atoms with Crippen molar-refractivity contribution in [2.75, 3.05) is 5.73 Å². The molecule has 2 N–H and O–H groups in total. The maximum Gasteiger partial charge on any atom is 0.237 e. The van der Waals surface area contributed by atoms with E-state index in [0.717, 1.165) is 22.8 Å². The predicted molar refractivity (Wildman–Crippen MR) is 64.1 cm³/mol. The minimum absolute atomic E-state index is 0.665. The second kappa shape index (κ2) is 5.03. The zero-order valence-corrected chi connectivity index (χ0v) is 9.83. The minimum Gasteiger partial charge on any atom is -0.399 e. The van der Waals surface area contributed by atoms with E-state index in [9.17, 15) is 0 Å². The third-order valence-corrected chi connectivity index (χ3v) is 3.07. The molecule has 1 aromatic carbocycles. The van der Waals surface area contributed by atoms with Crippen LogP contribution in [0, 0.1) is 0 Å². The van der Waals surface area contributed by atoms with Gasteiger partial charge in [-0.05, 0) is 24.3 Å². The molecule has 0 aliphatic carbocycles. The van der Waals surface area contributed by atoms with E-state index >= 15 is 0 Å². The van der Waals surface area contributed by atoms with Gasteiger partial charge >= 0.3 is 0 Å². The Balaban J connectivity index is 1.94. The van der Waals surface area contributed by atoms with Crippen LogP contribution in [0.15, 0.2) is 33.7 Å². The molecule has 0 saturated heterocycles. The monoisotopic (exact) mass is 235 g/mol. The second-order valence-corrected chi connectivity index (χ2v) is 4.36. The number of nitrogens with two attached hydrogens (primary N) is 1. The Bertz CT molecular complexity index is 453. The number of hydrogen-bond donors (Lipinski definition) is 1. The van der Waals surface area contributed by atoms with Crippen LogP contribution in [-0.2, 0) is 12.2 Å². The van der Waals surface area contributed by atoms with Crippen LogP contribution in [0.25, 0.3) is 0 Å².